The molecule has 1 aliphatic rings. The predicted molar refractivity (Wildman–Crippen MR) is 58.2 cm³/mol. The van der Waals surface area contributed by atoms with E-state index in [1.807, 2.05) is 19.9 Å². The Morgan fingerprint density at radius 1 is 1.50 bits per heavy atom. The number of hydrogen-bond donors (Lipinski definition) is 1. The van der Waals surface area contributed by atoms with Crippen LogP contribution in [0.3, 0.4) is 0 Å². The van der Waals surface area contributed by atoms with Gasteiger partial charge in [-0.15, -0.1) is 6.58 Å². The van der Waals surface area contributed by atoms with E-state index < -0.39 is 0 Å². The highest BCUT2D eigenvalue weighted by Gasteiger charge is 2.28. The SMILES string of the molecule is C=CC[C@@H]1CCC[C@H]([C@@H](O)C(C)C)O1. The van der Waals surface area contributed by atoms with E-state index in [0.29, 0.717) is 0 Å². The fourth-order valence-corrected chi connectivity index (χ4v) is 1.97. The zero-order valence-electron chi connectivity index (χ0n) is 9.28. The van der Waals surface area contributed by atoms with Gasteiger partial charge in [-0.3, -0.25) is 0 Å². The van der Waals surface area contributed by atoms with Crippen LogP contribution in [0.4, 0.5) is 0 Å². The Kier molecular flexibility index (Phi) is 4.63. The van der Waals surface area contributed by atoms with Crippen molar-refractivity contribution >= 4 is 0 Å². The summed E-state index contributed by atoms with van der Waals surface area (Å²) in [7, 11) is 0. The molecule has 2 nitrogen and oxygen atoms in total. The molecule has 1 saturated heterocycles. The van der Waals surface area contributed by atoms with Crippen LogP contribution < -0.4 is 0 Å². The van der Waals surface area contributed by atoms with E-state index in [2.05, 4.69) is 6.58 Å². The van der Waals surface area contributed by atoms with Gasteiger partial charge in [0.15, 0.2) is 0 Å². The van der Waals surface area contributed by atoms with Gasteiger partial charge in [0, 0.05) is 0 Å². The average Bonchev–Trinajstić information content (AvgIpc) is 2.17. The molecule has 0 saturated carbocycles. The Hall–Kier alpha value is -0.340. The fraction of sp³-hybridized carbons (Fsp3) is 0.833. The molecule has 0 aromatic rings. The Labute approximate surface area is 87.0 Å². The third kappa shape index (κ3) is 3.10. The van der Waals surface area contributed by atoms with Crippen LogP contribution in [-0.4, -0.2) is 23.4 Å². The molecule has 0 aromatic carbocycles. The van der Waals surface area contributed by atoms with Crippen molar-refractivity contribution in [2.24, 2.45) is 5.92 Å². The van der Waals surface area contributed by atoms with Gasteiger partial charge in [-0.05, 0) is 31.6 Å². The molecule has 0 spiro atoms. The summed E-state index contributed by atoms with van der Waals surface area (Å²) in [5.74, 6) is 0.280. The average molecular weight is 198 g/mol. The molecule has 0 radical (unpaired) electrons. The quantitative estimate of drug-likeness (QED) is 0.703. The lowest BCUT2D eigenvalue weighted by Gasteiger charge is -2.34. The van der Waals surface area contributed by atoms with Gasteiger partial charge in [0.25, 0.3) is 0 Å². The molecule has 1 fully saturated rings. The van der Waals surface area contributed by atoms with Crippen molar-refractivity contribution < 1.29 is 9.84 Å². The highest BCUT2D eigenvalue weighted by atomic mass is 16.5. The third-order valence-electron chi connectivity index (χ3n) is 2.88. The van der Waals surface area contributed by atoms with Crippen molar-refractivity contribution in [2.75, 3.05) is 0 Å². The molecular weight excluding hydrogens is 176 g/mol. The topological polar surface area (TPSA) is 29.5 Å². The first-order valence-electron chi connectivity index (χ1n) is 5.59. The summed E-state index contributed by atoms with van der Waals surface area (Å²) < 4.78 is 5.83. The molecule has 0 amide bonds. The highest BCUT2D eigenvalue weighted by Crippen LogP contribution is 2.25. The van der Waals surface area contributed by atoms with E-state index in [1.54, 1.807) is 0 Å². The van der Waals surface area contributed by atoms with Crippen LogP contribution in [0.15, 0.2) is 12.7 Å². The van der Waals surface area contributed by atoms with Crippen molar-refractivity contribution in [3.8, 4) is 0 Å². The second-order valence-corrected chi connectivity index (χ2v) is 4.49. The van der Waals surface area contributed by atoms with Crippen LogP contribution in [0.1, 0.15) is 39.5 Å². The first-order valence-corrected chi connectivity index (χ1v) is 5.59. The van der Waals surface area contributed by atoms with Crippen LogP contribution in [0.5, 0.6) is 0 Å². The van der Waals surface area contributed by atoms with Gasteiger partial charge < -0.3 is 9.84 Å². The van der Waals surface area contributed by atoms with Crippen LogP contribution >= 0.6 is 0 Å². The number of aliphatic hydroxyl groups excluding tert-OH is 1. The van der Waals surface area contributed by atoms with E-state index >= 15 is 0 Å². The van der Waals surface area contributed by atoms with E-state index in [1.165, 1.54) is 0 Å². The van der Waals surface area contributed by atoms with Crippen molar-refractivity contribution in [3.05, 3.63) is 12.7 Å². The van der Waals surface area contributed by atoms with Crippen LogP contribution in [-0.2, 0) is 4.74 Å². The molecule has 2 heteroatoms. The summed E-state index contributed by atoms with van der Waals surface area (Å²) in [6.45, 7) is 7.78. The molecule has 0 bridgehead atoms. The van der Waals surface area contributed by atoms with Gasteiger partial charge in [0.2, 0.25) is 0 Å². The first-order chi connectivity index (χ1) is 6.65. The van der Waals surface area contributed by atoms with Crippen LogP contribution in [0, 0.1) is 5.92 Å². The smallest absolute Gasteiger partial charge is 0.0840 e. The lowest BCUT2D eigenvalue weighted by Crippen LogP contribution is -2.39. The lowest BCUT2D eigenvalue weighted by molar-refractivity contribution is -0.115. The molecule has 82 valence electrons. The normalized spacial score (nSPS) is 30.3. The van der Waals surface area contributed by atoms with Crippen LogP contribution in [0.25, 0.3) is 0 Å². The molecular formula is C12H22O2. The summed E-state index contributed by atoms with van der Waals surface area (Å²) in [5.41, 5.74) is 0. The maximum Gasteiger partial charge on any atom is 0.0840 e. The van der Waals surface area contributed by atoms with Gasteiger partial charge in [-0.1, -0.05) is 19.9 Å². The molecule has 0 aromatic heterocycles. The van der Waals surface area contributed by atoms with E-state index in [-0.39, 0.29) is 24.2 Å². The Bertz CT molecular complexity index is 177. The zero-order valence-corrected chi connectivity index (χ0v) is 9.28. The molecule has 1 heterocycles. The summed E-state index contributed by atoms with van der Waals surface area (Å²) in [4.78, 5) is 0. The maximum absolute atomic E-state index is 9.89. The van der Waals surface area contributed by atoms with Gasteiger partial charge in [-0.25, -0.2) is 0 Å². The number of rotatable bonds is 4. The first kappa shape index (κ1) is 11.7. The summed E-state index contributed by atoms with van der Waals surface area (Å²) in [6, 6.07) is 0. The summed E-state index contributed by atoms with van der Waals surface area (Å²) in [6.07, 6.45) is 6.06. The molecule has 14 heavy (non-hydrogen) atoms. The van der Waals surface area contributed by atoms with E-state index in [4.69, 9.17) is 4.74 Å². The van der Waals surface area contributed by atoms with Crippen molar-refractivity contribution in [3.63, 3.8) is 0 Å². The second-order valence-electron chi connectivity index (χ2n) is 4.49. The molecule has 1 aliphatic heterocycles. The minimum Gasteiger partial charge on any atom is -0.390 e. The molecule has 3 atom stereocenters. The van der Waals surface area contributed by atoms with Gasteiger partial charge in [0.05, 0.1) is 18.3 Å². The summed E-state index contributed by atoms with van der Waals surface area (Å²) in [5, 5.41) is 9.89. The van der Waals surface area contributed by atoms with Gasteiger partial charge in [-0.2, -0.15) is 0 Å². The largest absolute Gasteiger partial charge is 0.390 e. The van der Waals surface area contributed by atoms with E-state index in [0.717, 1.165) is 25.7 Å². The highest BCUT2D eigenvalue weighted by molar-refractivity contribution is 4.82. The monoisotopic (exact) mass is 198 g/mol. The van der Waals surface area contributed by atoms with Crippen LogP contribution in [0.2, 0.25) is 0 Å². The number of aliphatic hydroxyl groups is 1. The zero-order chi connectivity index (χ0) is 10.6. The Morgan fingerprint density at radius 2 is 2.21 bits per heavy atom. The third-order valence-corrected chi connectivity index (χ3v) is 2.88. The van der Waals surface area contributed by atoms with Crippen molar-refractivity contribution in [1.29, 1.82) is 0 Å². The van der Waals surface area contributed by atoms with Gasteiger partial charge >= 0.3 is 0 Å². The number of ether oxygens (including phenoxy) is 1. The molecule has 1 N–H and O–H groups in total. The van der Waals surface area contributed by atoms with Crippen molar-refractivity contribution in [1.82, 2.24) is 0 Å². The lowest BCUT2D eigenvalue weighted by atomic mass is 9.93. The predicted octanol–water partition coefficient (Wildman–Crippen LogP) is 2.52. The van der Waals surface area contributed by atoms with Gasteiger partial charge in [0.1, 0.15) is 0 Å². The summed E-state index contributed by atoms with van der Waals surface area (Å²) >= 11 is 0. The molecule has 1 rings (SSSR count). The van der Waals surface area contributed by atoms with E-state index in [9.17, 15) is 5.11 Å². The van der Waals surface area contributed by atoms with Crippen molar-refractivity contribution in [2.45, 2.75) is 57.8 Å². The molecule has 0 aliphatic carbocycles. The Morgan fingerprint density at radius 3 is 2.79 bits per heavy atom. The molecule has 0 unspecified atom stereocenters. The maximum atomic E-state index is 9.89. The fourth-order valence-electron chi connectivity index (χ4n) is 1.97. The number of hydrogen-bond acceptors (Lipinski definition) is 2. The minimum absolute atomic E-state index is 0.0358. The standard InChI is InChI=1S/C12H22O2/c1-4-6-10-7-5-8-11(14-10)12(13)9(2)3/h4,9-13H,1,5-8H2,2-3H3/t10-,11-,12+/m1/s1. The minimum atomic E-state index is -0.317. The Balaban J connectivity index is 2.42. The second kappa shape index (κ2) is 5.52.